The van der Waals surface area contributed by atoms with Gasteiger partial charge in [-0.2, -0.15) is 4.31 Å². The Bertz CT molecular complexity index is 1550. The molecule has 2 aromatic carbocycles. The second-order valence-corrected chi connectivity index (χ2v) is 13.8. The first-order valence-electron chi connectivity index (χ1n) is 14.6. The van der Waals surface area contributed by atoms with Crippen LogP contribution in [0.3, 0.4) is 0 Å². The predicted octanol–water partition coefficient (Wildman–Crippen LogP) is 4.85. The Hall–Kier alpha value is -3.40. The summed E-state index contributed by atoms with van der Waals surface area (Å²) in [4.78, 5) is 15.1. The van der Waals surface area contributed by atoms with Gasteiger partial charge in [-0.3, -0.25) is 4.79 Å². The van der Waals surface area contributed by atoms with E-state index in [-0.39, 0.29) is 22.8 Å². The van der Waals surface area contributed by atoms with Crippen molar-refractivity contribution in [3.63, 3.8) is 0 Å². The second kappa shape index (κ2) is 11.4. The van der Waals surface area contributed by atoms with Gasteiger partial charge in [0.1, 0.15) is 5.75 Å². The van der Waals surface area contributed by atoms with Crippen LogP contribution in [0.5, 0.6) is 5.75 Å². The van der Waals surface area contributed by atoms with Crippen molar-refractivity contribution in [1.29, 1.82) is 0 Å². The number of aliphatic hydroxyl groups is 1. The SMILES string of the molecule is COc1ccc2c(c1)[C@H]1C[C@H](N(C)C(=O)/C=C/c3ccoc3)CC[C@@]1(O)[C@H](N(CC1CC1)S(=O)(=O)c1ccccc1)C2. The smallest absolute Gasteiger partial charge is 0.246 e. The van der Waals surface area contributed by atoms with Gasteiger partial charge in [-0.15, -0.1) is 0 Å². The Kier molecular flexibility index (Phi) is 7.76. The van der Waals surface area contributed by atoms with Crippen molar-refractivity contribution in [2.24, 2.45) is 5.92 Å². The van der Waals surface area contributed by atoms with Crippen molar-refractivity contribution in [3.8, 4) is 5.75 Å². The number of hydrogen-bond acceptors (Lipinski definition) is 6. The molecule has 1 N–H and O–H groups in total. The Morgan fingerprint density at radius 3 is 2.62 bits per heavy atom. The summed E-state index contributed by atoms with van der Waals surface area (Å²) in [7, 11) is -0.453. The van der Waals surface area contributed by atoms with Crippen molar-refractivity contribution < 1.29 is 27.5 Å². The Morgan fingerprint density at radius 1 is 1.14 bits per heavy atom. The summed E-state index contributed by atoms with van der Waals surface area (Å²) in [5.74, 6) is 0.480. The van der Waals surface area contributed by atoms with Gasteiger partial charge in [0.05, 0.1) is 36.2 Å². The number of benzene rings is 2. The third-order valence-electron chi connectivity index (χ3n) is 9.40. The molecule has 3 aliphatic carbocycles. The fraction of sp³-hybridized carbons (Fsp3) is 0.424. The molecule has 1 heterocycles. The molecule has 0 aliphatic heterocycles. The third kappa shape index (κ3) is 5.41. The largest absolute Gasteiger partial charge is 0.497 e. The summed E-state index contributed by atoms with van der Waals surface area (Å²) in [6, 6.07) is 15.4. The normalized spacial score (nSPS) is 25.7. The van der Waals surface area contributed by atoms with E-state index in [0.29, 0.717) is 43.9 Å². The first-order valence-corrected chi connectivity index (χ1v) is 16.1. The molecule has 3 aliphatic rings. The minimum Gasteiger partial charge on any atom is -0.497 e. The van der Waals surface area contributed by atoms with E-state index in [1.807, 2.05) is 24.3 Å². The number of carbonyl (C=O) groups excluding carboxylic acids is 1. The molecule has 6 rings (SSSR count). The fourth-order valence-corrected chi connectivity index (χ4v) is 8.54. The lowest BCUT2D eigenvalue weighted by Crippen LogP contribution is -2.63. The lowest BCUT2D eigenvalue weighted by Gasteiger charge is -2.54. The lowest BCUT2D eigenvalue weighted by atomic mass is 9.61. The number of sulfonamides is 1. The minimum atomic E-state index is -3.86. The van der Waals surface area contributed by atoms with Gasteiger partial charge >= 0.3 is 0 Å². The average molecular weight is 591 g/mol. The number of carbonyl (C=O) groups is 1. The summed E-state index contributed by atoms with van der Waals surface area (Å²) in [6.07, 6.45) is 10.2. The topological polar surface area (TPSA) is 100 Å². The highest BCUT2D eigenvalue weighted by Gasteiger charge is 2.56. The highest BCUT2D eigenvalue weighted by Crippen LogP contribution is 2.52. The quantitative estimate of drug-likeness (QED) is 0.358. The van der Waals surface area contributed by atoms with Crippen LogP contribution in [0.1, 0.15) is 54.7 Å². The molecule has 8 nitrogen and oxygen atoms in total. The van der Waals surface area contributed by atoms with Crippen LogP contribution < -0.4 is 4.74 Å². The van der Waals surface area contributed by atoms with Crippen molar-refractivity contribution in [1.82, 2.24) is 9.21 Å². The van der Waals surface area contributed by atoms with Crippen LogP contribution in [-0.2, 0) is 21.2 Å². The fourth-order valence-electron chi connectivity index (χ4n) is 6.77. The van der Waals surface area contributed by atoms with Crippen LogP contribution in [0.2, 0.25) is 0 Å². The molecule has 9 heteroatoms. The summed E-state index contributed by atoms with van der Waals surface area (Å²) < 4.78 is 40.6. The Balaban J connectivity index is 1.36. The molecule has 4 atom stereocenters. The van der Waals surface area contributed by atoms with Crippen molar-refractivity contribution in [2.45, 2.75) is 67.0 Å². The van der Waals surface area contributed by atoms with Gasteiger partial charge in [0.2, 0.25) is 15.9 Å². The van der Waals surface area contributed by atoms with E-state index >= 15 is 0 Å². The molecule has 2 saturated carbocycles. The highest BCUT2D eigenvalue weighted by molar-refractivity contribution is 7.89. The number of furan rings is 1. The van der Waals surface area contributed by atoms with Crippen LogP contribution >= 0.6 is 0 Å². The number of rotatable bonds is 9. The van der Waals surface area contributed by atoms with E-state index in [1.165, 1.54) is 6.08 Å². The van der Waals surface area contributed by atoms with Crippen molar-refractivity contribution >= 4 is 22.0 Å². The number of fused-ring (bicyclic) bond motifs is 3. The van der Waals surface area contributed by atoms with E-state index in [4.69, 9.17) is 9.15 Å². The van der Waals surface area contributed by atoms with Gasteiger partial charge in [0.15, 0.2) is 0 Å². The Morgan fingerprint density at radius 2 is 1.93 bits per heavy atom. The summed E-state index contributed by atoms with van der Waals surface area (Å²) in [5.41, 5.74) is 1.48. The zero-order valence-corrected chi connectivity index (χ0v) is 24.9. The molecule has 1 amide bonds. The summed E-state index contributed by atoms with van der Waals surface area (Å²) in [5, 5.41) is 12.7. The molecule has 0 spiro atoms. The van der Waals surface area contributed by atoms with Crippen LogP contribution in [0.25, 0.3) is 6.08 Å². The summed E-state index contributed by atoms with van der Waals surface area (Å²) >= 11 is 0. The van der Waals surface area contributed by atoms with Crippen LogP contribution in [0.4, 0.5) is 0 Å². The molecule has 3 aromatic rings. The Labute approximate surface area is 247 Å². The molecule has 1 aromatic heterocycles. The zero-order valence-electron chi connectivity index (χ0n) is 24.1. The van der Waals surface area contributed by atoms with Gasteiger partial charge in [0, 0.05) is 37.2 Å². The molecule has 42 heavy (non-hydrogen) atoms. The van der Waals surface area contributed by atoms with Crippen LogP contribution in [0.15, 0.2) is 82.5 Å². The maximum absolute atomic E-state index is 14.2. The van der Waals surface area contributed by atoms with E-state index < -0.39 is 21.7 Å². The number of hydrogen-bond donors (Lipinski definition) is 1. The first-order chi connectivity index (χ1) is 20.2. The minimum absolute atomic E-state index is 0.128. The maximum Gasteiger partial charge on any atom is 0.246 e. The van der Waals surface area contributed by atoms with Gasteiger partial charge < -0.3 is 19.2 Å². The van der Waals surface area contributed by atoms with Crippen LogP contribution in [-0.4, -0.2) is 67.0 Å². The van der Waals surface area contributed by atoms with E-state index in [0.717, 1.165) is 29.5 Å². The summed E-state index contributed by atoms with van der Waals surface area (Å²) in [6.45, 7) is 0.392. The predicted molar refractivity (Wildman–Crippen MR) is 159 cm³/mol. The van der Waals surface area contributed by atoms with Gasteiger partial charge in [-0.1, -0.05) is 24.3 Å². The van der Waals surface area contributed by atoms with Crippen molar-refractivity contribution in [2.75, 3.05) is 20.7 Å². The molecule has 222 valence electrons. The average Bonchev–Trinajstić information content (AvgIpc) is 3.68. The monoisotopic (exact) mass is 590 g/mol. The number of nitrogens with zero attached hydrogens (tertiary/aromatic N) is 2. The zero-order chi connectivity index (χ0) is 29.5. The van der Waals surface area contributed by atoms with E-state index in [1.54, 1.807) is 72.3 Å². The molecule has 0 saturated heterocycles. The first kappa shape index (κ1) is 28.7. The number of likely N-dealkylation sites (N-methyl/N-ethyl adjacent to an activating group) is 1. The van der Waals surface area contributed by atoms with Gasteiger partial charge in [0.25, 0.3) is 0 Å². The molecular formula is C33H38N2O6S. The number of methoxy groups -OCH3 is 1. The molecule has 0 bridgehead atoms. The highest BCUT2D eigenvalue weighted by atomic mass is 32.2. The third-order valence-corrected chi connectivity index (χ3v) is 11.3. The number of amides is 1. The van der Waals surface area contributed by atoms with Gasteiger partial charge in [-0.25, -0.2) is 8.42 Å². The maximum atomic E-state index is 14.2. The molecular weight excluding hydrogens is 552 g/mol. The van der Waals surface area contributed by atoms with E-state index in [2.05, 4.69) is 0 Å². The molecule has 0 radical (unpaired) electrons. The second-order valence-electron chi connectivity index (χ2n) is 11.9. The number of ether oxygens (including phenoxy) is 1. The van der Waals surface area contributed by atoms with E-state index in [9.17, 15) is 18.3 Å². The lowest BCUT2D eigenvalue weighted by molar-refractivity contribution is -0.131. The molecule has 0 unspecified atom stereocenters. The van der Waals surface area contributed by atoms with Gasteiger partial charge in [-0.05, 0) is 92.0 Å². The standard InChI is InChI=1S/C33H38N2O6S/c1-34(32(36)13-10-24-15-17-41-22-24)26-14-16-33(37)30(19-26)29-20-27(40-2)12-11-25(29)18-31(33)35(21-23-8-9-23)42(38,39)28-6-4-3-5-7-28/h3-7,10-13,15,17,20,22-23,26,30-31,37H,8-9,14,16,18-19,21H2,1-2H3/b13-10+/t26-,30-,31-,33+/m1/s1. The molecule has 2 fully saturated rings. The van der Waals surface area contributed by atoms with Crippen molar-refractivity contribution in [3.05, 3.63) is 89.9 Å². The van der Waals surface area contributed by atoms with Crippen LogP contribution in [0, 0.1) is 5.92 Å².